The molecular formula is C18H19NO4S. The first-order valence-electron chi connectivity index (χ1n) is 7.84. The Bertz CT molecular complexity index is 768. The Hall–Kier alpha value is -2.34. The molecule has 0 bridgehead atoms. The van der Waals surface area contributed by atoms with Crippen LogP contribution in [-0.4, -0.2) is 37.0 Å². The summed E-state index contributed by atoms with van der Waals surface area (Å²) in [7, 11) is 1.38. The highest BCUT2D eigenvalue weighted by Crippen LogP contribution is 2.29. The van der Waals surface area contributed by atoms with Gasteiger partial charge in [0.2, 0.25) is 0 Å². The van der Waals surface area contributed by atoms with Crippen LogP contribution in [0.2, 0.25) is 0 Å². The summed E-state index contributed by atoms with van der Waals surface area (Å²) in [5.74, 6) is 0.285. The Labute approximate surface area is 144 Å². The quantitative estimate of drug-likeness (QED) is 0.799. The predicted molar refractivity (Wildman–Crippen MR) is 91.7 cm³/mol. The minimum Gasteiger partial charge on any atom is -0.492 e. The molecule has 0 saturated heterocycles. The van der Waals surface area contributed by atoms with E-state index >= 15 is 0 Å². The molecule has 0 radical (unpaired) electrons. The van der Waals surface area contributed by atoms with E-state index in [0.29, 0.717) is 42.3 Å². The van der Waals surface area contributed by atoms with Gasteiger partial charge in [-0.3, -0.25) is 4.79 Å². The molecule has 1 aromatic heterocycles. The van der Waals surface area contributed by atoms with Gasteiger partial charge >= 0.3 is 5.97 Å². The summed E-state index contributed by atoms with van der Waals surface area (Å²) in [5, 5.41) is 1.87. The SMILES string of the molecule is CCOc1ccsc1C(=O)N1CCc2c(cccc2C(=O)OC)C1. The number of carbonyl (C=O) groups is 2. The molecular weight excluding hydrogens is 326 g/mol. The lowest BCUT2D eigenvalue weighted by Gasteiger charge is -2.29. The third kappa shape index (κ3) is 3.01. The van der Waals surface area contributed by atoms with Gasteiger partial charge in [-0.15, -0.1) is 11.3 Å². The average Bonchev–Trinajstić information content (AvgIpc) is 3.08. The molecule has 0 spiro atoms. The van der Waals surface area contributed by atoms with Gasteiger partial charge in [-0.1, -0.05) is 12.1 Å². The second kappa shape index (κ2) is 7.05. The number of methoxy groups -OCH3 is 1. The van der Waals surface area contributed by atoms with Crippen LogP contribution >= 0.6 is 11.3 Å². The number of hydrogen-bond donors (Lipinski definition) is 0. The molecule has 0 N–H and O–H groups in total. The zero-order chi connectivity index (χ0) is 17.1. The molecule has 5 nitrogen and oxygen atoms in total. The van der Waals surface area contributed by atoms with Crippen LogP contribution in [0, 0.1) is 0 Å². The zero-order valence-corrected chi connectivity index (χ0v) is 14.5. The van der Waals surface area contributed by atoms with Crippen molar-refractivity contribution in [1.29, 1.82) is 0 Å². The molecule has 1 aliphatic rings. The van der Waals surface area contributed by atoms with E-state index in [9.17, 15) is 9.59 Å². The topological polar surface area (TPSA) is 55.8 Å². The minimum absolute atomic E-state index is 0.0254. The first kappa shape index (κ1) is 16.5. The lowest BCUT2D eigenvalue weighted by Crippen LogP contribution is -2.36. The maximum Gasteiger partial charge on any atom is 0.338 e. The maximum absolute atomic E-state index is 12.8. The predicted octanol–water partition coefficient (Wildman–Crippen LogP) is 3.13. The smallest absolute Gasteiger partial charge is 0.338 e. The number of nitrogens with zero attached hydrogens (tertiary/aromatic N) is 1. The highest BCUT2D eigenvalue weighted by Gasteiger charge is 2.27. The summed E-state index contributed by atoms with van der Waals surface area (Å²) in [6.45, 7) is 3.49. The number of rotatable bonds is 4. The highest BCUT2D eigenvalue weighted by atomic mass is 32.1. The summed E-state index contributed by atoms with van der Waals surface area (Å²) < 4.78 is 10.4. The lowest BCUT2D eigenvalue weighted by atomic mass is 9.94. The fourth-order valence-corrected chi connectivity index (χ4v) is 3.75. The Morgan fingerprint density at radius 2 is 2.12 bits per heavy atom. The minimum atomic E-state index is -0.330. The van der Waals surface area contributed by atoms with Gasteiger partial charge in [-0.2, -0.15) is 0 Å². The highest BCUT2D eigenvalue weighted by molar-refractivity contribution is 7.12. The molecule has 3 rings (SSSR count). The normalized spacial score (nSPS) is 13.3. The average molecular weight is 345 g/mol. The second-order valence-corrected chi connectivity index (χ2v) is 6.37. The molecule has 6 heteroatoms. The lowest BCUT2D eigenvalue weighted by molar-refractivity contribution is 0.0598. The van der Waals surface area contributed by atoms with Crippen molar-refractivity contribution in [1.82, 2.24) is 4.90 Å². The molecule has 0 atom stereocenters. The molecule has 0 aliphatic carbocycles. The molecule has 1 amide bonds. The van der Waals surface area contributed by atoms with Crippen molar-refractivity contribution in [2.24, 2.45) is 0 Å². The molecule has 24 heavy (non-hydrogen) atoms. The van der Waals surface area contributed by atoms with Crippen LogP contribution in [0.3, 0.4) is 0 Å². The molecule has 1 aromatic carbocycles. The number of hydrogen-bond acceptors (Lipinski definition) is 5. The maximum atomic E-state index is 12.8. The monoisotopic (exact) mass is 345 g/mol. The van der Waals surface area contributed by atoms with Gasteiger partial charge < -0.3 is 14.4 Å². The molecule has 2 heterocycles. The van der Waals surface area contributed by atoms with E-state index in [1.807, 2.05) is 30.5 Å². The third-order valence-corrected chi connectivity index (χ3v) is 4.97. The van der Waals surface area contributed by atoms with Gasteiger partial charge in [0.1, 0.15) is 10.6 Å². The summed E-state index contributed by atoms with van der Waals surface area (Å²) in [4.78, 5) is 27.1. The molecule has 0 saturated carbocycles. The van der Waals surface area contributed by atoms with Gasteiger partial charge in [0.15, 0.2) is 0 Å². The van der Waals surface area contributed by atoms with Crippen LogP contribution in [0.1, 0.15) is 38.1 Å². The Balaban J connectivity index is 1.84. The third-order valence-electron chi connectivity index (χ3n) is 4.08. The fourth-order valence-electron chi connectivity index (χ4n) is 2.95. The fraction of sp³-hybridized carbons (Fsp3) is 0.333. The summed E-state index contributed by atoms with van der Waals surface area (Å²) in [6, 6.07) is 7.39. The number of fused-ring (bicyclic) bond motifs is 1. The van der Waals surface area contributed by atoms with E-state index in [1.54, 1.807) is 11.0 Å². The number of carbonyl (C=O) groups excluding carboxylic acids is 2. The molecule has 0 fully saturated rings. The van der Waals surface area contributed by atoms with Crippen LogP contribution in [0.25, 0.3) is 0 Å². The van der Waals surface area contributed by atoms with E-state index in [2.05, 4.69) is 0 Å². The van der Waals surface area contributed by atoms with Gasteiger partial charge in [0.25, 0.3) is 5.91 Å². The number of ether oxygens (including phenoxy) is 2. The summed E-state index contributed by atoms with van der Waals surface area (Å²) >= 11 is 1.39. The first-order valence-corrected chi connectivity index (χ1v) is 8.72. The van der Waals surface area contributed by atoms with Crippen LogP contribution < -0.4 is 4.74 Å². The van der Waals surface area contributed by atoms with E-state index < -0.39 is 0 Å². The summed E-state index contributed by atoms with van der Waals surface area (Å²) in [6.07, 6.45) is 0.641. The molecule has 0 unspecified atom stereocenters. The van der Waals surface area contributed by atoms with Crippen molar-refractivity contribution in [2.45, 2.75) is 19.9 Å². The van der Waals surface area contributed by atoms with Gasteiger partial charge in [-0.05, 0) is 42.0 Å². The van der Waals surface area contributed by atoms with E-state index in [4.69, 9.17) is 9.47 Å². The zero-order valence-electron chi connectivity index (χ0n) is 13.7. The van der Waals surface area contributed by atoms with Crippen LogP contribution in [0.15, 0.2) is 29.6 Å². The Morgan fingerprint density at radius 3 is 2.88 bits per heavy atom. The Morgan fingerprint density at radius 1 is 1.29 bits per heavy atom. The molecule has 2 aromatic rings. The van der Waals surface area contributed by atoms with Crippen LogP contribution in [0.4, 0.5) is 0 Å². The summed E-state index contributed by atoms with van der Waals surface area (Å²) in [5.41, 5.74) is 2.56. The number of thiophene rings is 1. The van der Waals surface area contributed by atoms with Crippen LogP contribution in [0.5, 0.6) is 5.75 Å². The van der Waals surface area contributed by atoms with Crippen molar-refractivity contribution in [3.8, 4) is 5.75 Å². The van der Waals surface area contributed by atoms with Crippen molar-refractivity contribution in [2.75, 3.05) is 20.3 Å². The number of amides is 1. The van der Waals surface area contributed by atoms with E-state index in [0.717, 1.165) is 11.1 Å². The van der Waals surface area contributed by atoms with Crippen molar-refractivity contribution in [3.05, 3.63) is 51.2 Å². The van der Waals surface area contributed by atoms with Crippen molar-refractivity contribution >= 4 is 23.2 Å². The molecule has 1 aliphatic heterocycles. The number of esters is 1. The van der Waals surface area contributed by atoms with Crippen molar-refractivity contribution < 1.29 is 19.1 Å². The standard InChI is InChI=1S/C18H19NO4S/c1-3-23-15-8-10-24-16(15)17(20)19-9-7-13-12(11-19)5-4-6-14(13)18(21)22-2/h4-6,8,10H,3,7,9,11H2,1-2H3. The van der Waals surface area contributed by atoms with Crippen LogP contribution in [-0.2, 0) is 17.7 Å². The van der Waals surface area contributed by atoms with Gasteiger partial charge in [-0.25, -0.2) is 4.79 Å². The van der Waals surface area contributed by atoms with Gasteiger partial charge in [0, 0.05) is 13.1 Å². The van der Waals surface area contributed by atoms with Gasteiger partial charge in [0.05, 0.1) is 19.3 Å². The Kier molecular flexibility index (Phi) is 4.85. The first-order chi connectivity index (χ1) is 11.7. The van der Waals surface area contributed by atoms with E-state index in [1.165, 1.54) is 18.4 Å². The molecule has 126 valence electrons. The largest absolute Gasteiger partial charge is 0.492 e. The van der Waals surface area contributed by atoms with E-state index in [-0.39, 0.29) is 11.9 Å². The number of benzene rings is 1. The van der Waals surface area contributed by atoms with Crippen molar-refractivity contribution in [3.63, 3.8) is 0 Å². The second-order valence-electron chi connectivity index (χ2n) is 5.46.